The summed E-state index contributed by atoms with van der Waals surface area (Å²) < 4.78 is 0. The summed E-state index contributed by atoms with van der Waals surface area (Å²) in [6, 6.07) is 1.55. The topological polar surface area (TPSA) is 247 Å². The summed E-state index contributed by atoms with van der Waals surface area (Å²) in [6.07, 6.45) is 1.25. The molecule has 1 fully saturated rings. The van der Waals surface area contributed by atoms with Gasteiger partial charge in [0.1, 0.15) is 29.9 Å². The maximum atomic E-state index is 13.5. The van der Waals surface area contributed by atoms with Gasteiger partial charge in [0.15, 0.2) is 5.96 Å². The first-order valence-electron chi connectivity index (χ1n) is 11.9. The molecule has 1 aliphatic heterocycles. The molecular formula is C23H35N7O7. The van der Waals surface area contributed by atoms with Gasteiger partial charge in [0.2, 0.25) is 17.7 Å². The number of phenols is 1. The summed E-state index contributed by atoms with van der Waals surface area (Å²) in [7, 11) is 0. The van der Waals surface area contributed by atoms with Crippen LogP contribution in [0.4, 0.5) is 0 Å². The van der Waals surface area contributed by atoms with Gasteiger partial charge in [-0.15, -0.1) is 0 Å². The number of carbonyl (C=O) groups is 4. The Morgan fingerprint density at radius 2 is 1.78 bits per heavy atom. The van der Waals surface area contributed by atoms with E-state index in [4.69, 9.17) is 17.2 Å². The molecule has 1 aromatic rings. The Labute approximate surface area is 213 Å². The first-order chi connectivity index (χ1) is 17.5. The molecule has 0 bridgehead atoms. The number of aliphatic hydroxyl groups is 1. The average molecular weight is 522 g/mol. The maximum absolute atomic E-state index is 13.5. The van der Waals surface area contributed by atoms with Crippen LogP contribution < -0.4 is 27.8 Å². The number of rotatable bonds is 13. The number of nitrogens with two attached hydrogens (primary N) is 3. The number of nitrogens with one attached hydrogen (secondary N) is 2. The molecule has 4 atom stereocenters. The van der Waals surface area contributed by atoms with Crippen LogP contribution in [0, 0.1) is 0 Å². The van der Waals surface area contributed by atoms with Gasteiger partial charge >= 0.3 is 5.97 Å². The lowest BCUT2D eigenvalue weighted by molar-refractivity contribution is -0.145. The van der Waals surface area contributed by atoms with E-state index in [9.17, 15) is 34.5 Å². The highest BCUT2D eigenvalue weighted by Crippen LogP contribution is 2.21. The Balaban J connectivity index is 2.15. The van der Waals surface area contributed by atoms with Crippen LogP contribution in [-0.4, -0.2) is 93.7 Å². The number of amides is 3. The van der Waals surface area contributed by atoms with E-state index in [1.165, 1.54) is 17.0 Å². The van der Waals surface area contributed by atoms with Crippen molar-refractivity contribution in [2.24, 2.45) is 22.2 Å². The minimum atomic E-state index is -1.25. The summed E-state index contributed by atoms with van der Waals surface area (Å²) in [5.74, 6) is -3.24. The Bertz CT molecular complexity index is 982. The molecule has 3 amide bonds. The van der Waals surface area contributed by atoms with Crippen LogP contribution in [0.25, 0.3) is 0 Å². The molecular weight excluding hydrogens is 486 g/mol. The number of aliphatic hydroxyl groups excluding tert-OH is 1. The molecule has 0 spiro atoms. The number of hydrogen-bond donors (Lipinski definition) is 8. The second-order valence-electron chi connectivity index (χ2n) is 8.76. The number of phenolic OH excluding ortho intramolecular Hbond substituents is 1. The van der Waals surface area contributed by atoms with E-state index in [2.05, 4.69) is 15.6 Å². The van der Waals surface area contributed by atoms with Crippen molar-refractivity contribution >= 4 is 29.7 Å². The van der Waals surface area contributed by atoms with Gasteiger partial charge in [0, 0.05) is 19.5 Å². The standard InChI is InChI=1S/C23H35N7O7/c24-15(12-31)19(33)29-17(11-13-5-7-14(32)8-6-13)21(35)30-10-2-4-18(30)20(34)28-16(22(36)37)3-1-9-27-23(25)26/h5-8,15-18,31-32H,1-4,9-12,24H2,(H,28,34)(H,29,33)(H,36,37)(H4,25,26,27). The predicted octanol–water partition coefficient (Wildman–Crippen LogP) is -2.65. The van der Waals surface area contributed by atoms with Crippen LogP contribution in [0.5, 0.6) is 5.75 Å². The number of aliphatic carboxylic acids is 1. The third-order valence-electron chi connectivity index (χ3n) is 5.92. The largest absolute Gasteiger partial charge is 0.508 e. The van der Waals surface area contributed by atoms with E-state index < -0.39 is 54.5 Å². The van der Waals surface area contributed by atoms with E-state index >= 15 is 0 Å². The Hall–Kier alpha value is -3.91. The molecule has 1 aromatic carbocycles. The molecule has 1 heterocycles. The average Bonchev–Trinajstić information content (AvgIpc) is 3.35. The fourth-order valence-corrected chi connectivity index (χ4v) is 3.96. The van der Waals surface area contributed by atoms with Crippen LogP contribution in [-0.2, 0) is 25.6 Å². The van der Waals surface area contributed by atoms with Gasteiger partial charge in [-0.2, -0.15) is 0 Å². The molecule has 11 N–H and O–H groups in total. The lowest BCUT2D eigenvalue weighted by Gasteiger charge is -2.30. The lowest BCUT2D eigenvalue weighted by atomic mass is 10.0. The van der Waals surface area contributed by atoms with E-state index in [-0.39, 0.29) is 37.6 Å². The van der Waals surface area contributed by atoms with Crippen molar-refractivity contribution < 1.29 is 34.5 Å². The molecule has 204 valence electrons. The minimum Gasteiger partial charge on any atom is -0.508 e. The zero-order valence-corrected chi connectivity index (χ0v) is 20.4. The number of aromatic hydroxyl groups is 1. The van der Waals surface area contributed by atoms with Gasteiger partial charge in [0.25, 0.3) is 0 Å². The lowest BCUT2D eigenvalue weighted by Crippen LogP contribution is -2.57. The van der Waals surface area contributed by atoms with E-state index in [1.807, 2.05) is 0 Å². The Morgan fingerprint density at radius 3 is 2.38 bits per heavy atom. The van der Waals surface area contributed by atoms with Gasteiger partial charge < -0.3 is 48.1 Å². The molecule has 37 heavy (non-hydrogen) atoms. The van der Waals surface area contributed by atoms with Crippen LogP contribution in [0.1, 0.15) is 31.2 Å². The van der Waals surface area contributed by atoms with E-state index in [0.717, 1.165) is 0 Å². The highest BCUT2D eigenvalue weighted by Gasteiger charge is 2.39. The summed E-state index contributed by atoms with van der Waals surface area (Å²) in [4.78, 5) is 55.6. The minimum absolute atomic E-state index is 0.0283. The highest BCUT2D eigenvalue weighted by atomic mass is 16.4. The summed E-state index contributed by atoms with van der Waals surface area (Å²) in [5.41, 5.74) is 16.7. The summed E-state index contributed by atoms with van der Waals surface area (Å²) in [6.45, 7) is -0.196. The maximum Gasteiger partial charge on any atom is 0.326 e. The van der Waals surface area contributed by atoms with E-state index in [0.29, 0.717) is 24.8 Å². The third kappa shape index (κ3) is 8.91. The number of nitrogens with zero attached hydrogens (tertiary/aromatic N) is 2. The molecule has 4 unspecified atom stereocenters. The van der Waals surface area contributed by atoms with Gasteiger partial charge in [-0.25, -0.2) is 4.79 Å². The zero-order chi connectivity index (χ0) is 27.5. The number of benzene rings is 1. The summed E-state index contributed by atoms with van der Waals surface area (Å²) >= 11 is 0. The van der Waals surface area contributed by atoms with E-state index in [1.54, 1.807) is 12.1 Å². The Kier molecular flexibility index (Phi) is 11.1. The number of carboxylic acid groups (broad SMARTS) is 1. The normalized spacial score (nSPS) is 17.4. The molecule has 2 rings (SSSR count). The molecule has 0 aromatic heterocycles. The zero-order valence-electron chi connectivity index (χ0n) is 20.4. The quantitative estimate of drug-likeness (QED) is 0.0760. The van der Waals surface area contributed by atoms with Crippen LogP contribution >= 0.6 is 0 Å². The van der Waals surface area contributed by atoms with Crippen molar-refractivity contribution in [1.82, 2.24) is 15.5 Å². The van der Waals surface area contributed by atoms with Crippen molar-refractivity contribution in [1.29, 1.82) is 0 Å². The molecule has 14 nitrogen and oxygen atoms in total. The summed E-state index contributed by atoms with van der Waals surface area (Å²) in [5, 5.41) is 33.3. The molecule has 0 aliphatic carbocycles. The number of likely N-dealkylation sites (tertiary alicyclic amines) is 1. The predicted molar refractivity (Wildman–Crippen MR) is 133 cm³/mol. The van der Waals surface area contributed by atoms with Gasteiger partial charge in [-0.05, 0) is 43.4 Å². The van der Waals surface area contributed by atoms with Gasteiger partial charge in [0.05, 0.1) is 6.61 Å². The van der Waals surface area contributed by atoms with Crippen molar-refractivity contribution in [3.63, 3.8) is 0 Å². The number of hydrogen-bond acceptors (Lipinski definition) is 8. The first-order valence-corrected chi connectivity index (χ1v) is 11.9. The van der Waals surface area contributed by atoms with Gasteiger partial charge in [-0.3, -0.25) is 19.4 Å². The highest BCUT2D eigenvalue weighted by molar-refractivity contribution is 5.94. The molecule has 0 radical (unpaired) electrons. The molecule has 0 saturated carbocycles. The van der Waals surface area contributed by atoms with Crippen molar-refractivity contribution in [2.75, 3.05) is 19.7 Å². The first kappa shape index (κ1) is 29.3. The number of aliphatic imine (C=N–C) groups is 1. The van der Waals surface area contributed by atoms with Crippen molar-refractivity contribution in [2.45, 2.75) is 56.3 Å². The molecule has 14 heteroatoms. The van der Waals surface area contributed by atoms with Crippen LogP contribution in [0.3, 0.4) is 0 Å². The fraction of sp³-hybridized carbons (Fsp3) is 0.522. The SMILES string of the molecule is NC(N)=NCCCC(NC(=O)C1CCCN1C(=O)C(Cc1ccc(O)cc1)NC(=O)C(N)CO)C(=O)O. The molecule has 1 aliphatic rings. The fourth-order valence-electron chi connectivity index (χ4n) is 3.96. The molecule has 1 saturated heterocycles. The van der Waals surface area contributed by atoms with Crippen molar-refractivity contribution in [3.8, 4) is 5.75 Å². The second kappa shape index (κ2) is 14.0. The Morgan fingerprint density at radius 1 is 1.11 bits per heavy atom. The van der Waals surface area contributed by atoms with Gasteiger partial charge in [-0.1, -0.05) is 12.1 Å². The number of carboxylic acids is 1. The van der Waals surface area contributed by atoms with Crippen LogP contribution in [0.2, 0.25) is 0 Å². The second-order valence-corrected chi connectivity index (χ2v) is 8.76. The van der Waals surface area contributed by atoms with Crippen LogP contribution in [0.15, 0.2) is 29.3 Å². The third-order valence-corrected chi connectivity index (χ3v) is 5.92. The monoisotopic (exact) mass is 521 g/mol. The van der Waals surface area contributed by atoms with Crippen molar-refractivity contribution in [3.05, 3.63) is 29.8 Å². The smallest absolute Gasteiger partial charge is 0.326 e. The number of guanidine groups is 1. The number of carbonyl (C=O) groups excluding carboxylic acids is 3.